The number of nitrogens with one attached hydrogen (secondary N) is 3. The number of thiophene rings is 1. The minimum atomic E-state index is -0.268. The summed E-state index contributed by atoms with van der Waals surface area (Å²) in [6.07, 6.45) is 3.48. The number of rotatable bonds is 4. The second-order valence-electron chi connectivity index (χ2n) is 5.62. The van der Waals surface area contributed by atoms with Crippen LogP contribution >= 0.6 is 11.3 Å². The van der Waals surface area contributed by atoms with Gasteiger partial charge >= 0.3 is 6.03 Å². The zero-order chi connectivity index (χ0) is 17.1. The van der Waals surface area contributed by atoms with Crippen molar-refractivity contribution >= 4 is 34.4 Å². The highest BCUT2D eigenvalue weighted by Crippen LogP contribution is 2.34. The maximum absolute atomic E-state index is 12.1. The van der Waals surface area contributed by atoms with E-state index in [2.05, 4.69) is 25.5 Å². The monoisotopic (exact) mass is 355 g/mol. The quantitative estimate of drug-likeness (QED) is 0.669. The SMILES string of the molecule is O=C(Nc1ccsc1)Nc1ccc2c(c1)N(Cc1cnc[nH]1)CCO2. The number of urea groups is 1. The van der Waals surface area contributed by atoms with Crippen LogP contribution in [0.2, 0.25) is 0 Å². The molecule has 0 spiro atoms. The third-order valence-corrected chi connectivity index (χ3v) is 4.55. The van der Waals surface area contributed by atoms with Crippen molar-refractivity contribution in [2.45, 2.75) is 6.54 Å². The van der Waals surface area contributed by atoms with Gasteiger partial charge in [-0.25, -0.2) is 9.78 Å². The van der Waals surface area contributed by atoms with Gasteiger partial charge in [0.25, 0.3) is 0 Å². The first kappa shape index (κ1) is 15.5. The Morgan fingerprint density at radius 1 is 1.32 bits per heavy atom. The summed E-state index contributed by atoms with van der Waals surface area (Å²) in [6, 6.07) is 7.24. The number of ether oxygens (including phenoxy) is 1. The van der Waals surface area contributed by atoms with Crippen molar-refractivity contribution < 1.29 is 9.53 Å². The lowest BCUT2D eigenvalue weighted by Crippen LogP contribution is -2.32. The van der Waals surface area contributed by atoms with Gasteiger partial charge in [0.05, 0.1) is 36.5 Å². The van der Waals surface area contributed by atoms with Crippen molar-refractivity contribution in [3.8, 4) is 5.75 Å². The van der Waals surface area contributed by atoms with Crippen LogP contribution in [0.5, 0.6) is 5.75 Å². The molecule has 7 nitrogen and oxygen atoms in total. The summed E-state index contributed by atoms with van der Waals surface area (Å²) < 4.78 is 5.72. The zero-order valence-electron chi connectivity index (χ0n) is 13.4. The summed E-state index contributed by atoms with van der Waals surface area (Å²) in [7, 11) is 0. The number of aromatic nitrogens is 2. The van der Waals surface area contributed by atoms with Crippen molar-refractivity contribution in [1.29, 1.82) is 0 Å². The standard InChI is InChI=1S/C17H17N5O2S/c23-17(21-13-3-6-25-10-13)20-12-1-2-16-15(7-12)22(4-5-24-16)9-14-8-18-11-19-14/h1-3,6-8,10-11H,4-5,9H2,(H,18,19)(H2,20,21,23). The molecular formula is C17H17N5O2S. The van der Waals surface area contributed by atoms with Crippen LogP contribution in [0.15, 0.2) is 47.5 Å². The van der Waals surface area contributed by atoms with E-state index < -0.39 is 0 Å². The number of hydrogen-bond acceptors (Lipinski definition) is 5. The average Bonchev–Trinajstić information content (AvgIpc) is 3.29. The number of hydrogen-bond donors (Lipinski definition) is 3. The van der Waals surface area contributed by atoms with Gasteiger partial charge in [-0.1, -0.05) is 0 Å². The van der Waals surface area contributed by atoms with E-state index in [4.69, 9.17) is 4.74 Å². The number of H-pyrrole nitrogens is 1. The van der Waals surface area contributed by atoms with Crippen LogP contribution in [-0.2, 0) is 6.54 Å². The van der Waals surface area contributed by atoms with E-state index in [1.165, 1.54) is 11.3 Å². The molecule has 4 rings (SSSR count). The molecule has 0 saturated carbocycles. The van der Waals surface area contributed by atoms with Gasteiger partial charge in [0.2, 0.25) is 0 Å². The first-order chi connectivity index (χ1) is 12.3. The number of nitrogens with zero attached hydrogens (tertiary/aromatic N) is 2. The Morgan fingerprint density at radius 2 is 2.24 bits per heavy atom. The topological polar surface area (TPSA) is 82.3 Å². The Hall–Kier alpha value is -3.00. The molecule has 128 valence electrons. The molecule has 25 heavy (non-hydrogen) atoms. The number of fused-ring (bicyclic) bond motifs is 1. The van der Waals surface area contributed by atoms with Gasteiger partial charge in [-0.05, 0) is 29.6 Å². The second kappa shape index (κ2) is 6.86. The normalized spacial score (nSPS) is 13.0. The van der Waals surface area contributed by atoms with Crippen molar-refractivity contribution in [2.75, 3.05) is 28.7 Å². The number of benzene rings is 1. The summed E-state index contributed by atoms with van der Waals surface area (Å²) in [6.45, 7) is 2.12. The van der Waals surface area contributed by atoms with Crippen LogP contribution < -0.4 is 20.3 Å². The average molecular weight is 355 g/mol. The van der Waals surface area contributed by atoms with Crippen LogP contribution in [0.4, 0.5) is 21.9 Å². The van der Waals surface area contributed by atoms with Crippen molar-refractivity contribution in [2.24, 2.45) is 0 Å². The van der Waals surface area contributed by atoms with Gasteiger partial charge < -0.3 is 25.3 Å². The van der Waals surface area contributed by atoms with E-state index in [1.807, 2.05) is 41.2 Å². The minimum Gasteiger partial charge on any atom is -0.490 e. The first-order valence-electron chi connectivity index (χ1n) is 7.87. The highest BCUT2D eigenvalue weighted by atomic mass is 32.1. The van der Waals surface area contributed by atoms with Gasteiger partial charge in [-0.15, -0.1) is 0 Å². The summed E-state index contributed by atoms with van der Waals surface area (Å²) in [5.74, 6) is 0.814. The molecule has 0 aliphatic carbocycles. The third-order valence-electron chi connectivity index (χ3n) is 3.87. The number of carbonyl (C=O) groups excluding carboxylic acids is 1. The number of aromatic amines is 1. The summed E-state index contributed by atoms with van der Waals surface area (Å²) >= 11 is 1.53. The van der Waals surface area contributed by atoms with Crippen molar-refractivity contribution in [3.05, 3.63) is 53.2 Å². The van der Waals surface area contributed by atoms with Crippen LogP contribution in [0, 0.1) is 0 Å². The second-order valence-corrected chi connectivity index (χ2v) is 6.40. The maximum Gasteiger partial charge on any atom is 0.323 e. The molecule has 1 aliphatic heterocycles. The molecule has 3 aromatic rings. The van der Waals surface area contributed by atoms with E-state index in [0.29, 0.717) is 18.8 Å². The van der Waals surface area contributed by atoms with Crippen LogP contribution in [0.1, 0.15) is 5.69 Å². The Bertz CT molecular complexity index is 848. The summed E-state index contributed by atoms with van der Waals surface area (Å²) in [4.78, 5) is 21.5. The fourth-order valence-corrected chi connectivity index (χ4v) is 3.31. The largest absolute Gasteiger partial charge is 0.490 e. The smallest absolute Gasteiger partial charge is 0.323 e. The molecule has 0 saturated heterocycles. The van der Waals surface area contributed by atoms with Crippen LogP contribution in [0.3, 0.4) is 0 Å². The number of carbonyl (C=O) groups is 1. The van der Waals surface area contributed by atoms with Crippen molar-refractivity contribution in [3.63, 3.8) is 0 Å². The predicted molar refractivity (Wildman–Crippen MR) is 98.5 cm³/mol. The molecule has 1 aliphatic rings. The number of amides is 2. The Balaban J connectivity index is 1.50. The van der Waals surface area contributed by atoms with Gasteiger partial charge in [-0.3, -0.25) is 0 Å². The fraction of sp³-hybridized carbons (Fsp3) is 0.176. The number of imidazole rings is 1. The molecule has 3 N–H and O–H groups in total. The molecular weight excluding hydrogens is 338 g/mol. The fourth-order valence-electron chi connectivity index (χ4n) is 2.72. The minimum absolute atomic E-state index is 0.268. The van der Waals surface area contributed by atoms with Gasteiger partial charge in [0.1, 0.15) is 12.4 Å². The molecule has 2 aromatic heterocycles. The zero-order valence-corrected chi connectivity index (χ0v) is 14.2. The van der Waals surface area contributed by atoms with Gasteiger partial charge in [0, 0.05) is 17.3 Å². The van der Waals surface area contributed by atoms with E-state index in [-0.39, 0.29) is 6.03 Å². The molecule has 2 amide bonds. The van der Waals surface area contributed by atoms with Crippen molar-refractivity contribution in [1.82, 2.24) is 9.97 Å². The van der Waals surface area contributed by atoms with Gasteiger partial charge in [-0.2, -0.15) is 11.3 Å². The highest BCUT2D eigenvalue weighted by molar-refractivity contribution is 7.08. The Kier molecular flexibility index (Phi) is 4.26. The maximum atomic E-state index is 12.1. The lowest BCUT2D eigenvalue weighted by molar-refractivity contribution is 0.262. The first-order valence-corrected chi connectivity index (χ1v) is 8.81. The van der Waals surface area contributed by atoms with E-state index in [1.54, 1.807) is 6.33 Å². The Labute approximate surface area is 148 Å². The number of anilines is 3. The molecule has 0 radical (unpaired) electrons. The molecule has 0 atom stereocenters. The Morgan fingerprint density at radius 3 is 3.04 bits per heavy atom. The summed E-state index contributed by atoms with van der Waals surface area (Å²) in [5, 5.41) is 9.46. The highest BCUT2D eigenvalue weighted by Gasteiger charge is 2.19. The van der Waals surface area contributed by atoms with Crippen LogP contribution in [-0.4, -0.2) is 29.2 Å². The lowest BCUT2D eigenvalue weighted by Gasteiger charge is -2.31. The predicted octanol–water partition coefficient (Wildman–Crippen LogP) is 3.51. The van der Waals surface area contributed by atoms with E-state index >= 15 is 0 Å². The third kappa shape index (κ3) is 3.58. The van der Waals surface area contributed by atoms with E-state index in [9.17, 15) is 4.79 Å². The molecule has 1 aromatic carbocycles. The molecule has 0 fully saturated rings. The molecule has 0 bridgehead atoms. The summed E-state index contributed by atoms with van der Waals surface area (Å²) in [5.41, 5.74) is 3.48. The van der Waals surface area contributed by atoms with Gasteiger partial charge in [0.15, 0.2) is 0 Å². The molecule has 3 heterocycles. The van der Waals surface area contributed by atoms with Crippen LogP contribution in [0.25, 0.3) is 0 Å². The van der Waals surface area contributed by atoms with E-state index in [0.717, 1.165) is 29.4 Å². The molecule has 0 unspecified atom stereocenters. The lowest BCUT2D eigenvalue weighted by atomic mass is 10.2. The molecule has 8 heteroatoms.